The van der Waals surface area contributed by atoms with Gasteiger partial charge in [0.25, 0.3) is 15.9 Å². The van der Waals surface area contributed by atoms with Crippen LogP contribution in [0.1, 0.15) is 35.7 Å². The van der Waals surface area contributed by atoms with Crippen molar-refractivity contribution in [3.05, 3.63) is 58.9 Å². The van der Waals surface area contributed by atoms with Crippen LogP contribution >= 0.6 is 11.6 Å². The second-order valence-electron chi connectivity index (χ2n) is 8.27. The average Bonchev–Trinajstić information content (AvgIpc) is 3.31. The van der Waals surface area contributed by atoms with Crippen LogP contribution < -0.4 is 14.2 Å². The molecule has 2 aromatic heterocycles. The van der Waals surface area contributed by atoms with E-state index in [1.54, 1.807) is 25.3 Å². The largest absolute Gasteiger partial charge is 0.497 e. The van der Waals surface area contributed by atoms with Crippen molar-refractivity contribution in [2.45, 2.75) is 31.6 Å². The number of hydrogen-bond donors (Lipinski definition) is 1. The molecule has 0 unspecified atom stereocenters. The van der Waals surface area contributed by atoms with E-state index in [2.05, 4.69) is 17.0 Å². The predicted octanol–water partition coefficient (Wildman–Crippen LogP) is 3.54. The third kappa shape index (κ3) is 5.12. The van der Waals surface area contributed by atoms with Gasteiger partial charge in [0, 0.05) is 17.7 Å². The fourth-order valence-corrected chi connectivity index (χ4v) is 4.55. The minimum atomic E-state index is -4.13. The van der Waals surface area contributed by atoms with Crippen molar-refractivity contribution >= 4 is 27.5 Å². The number of rotatable bonds is 8. The van der Waals surface area contributed by atoms with Gasteiger partial charge in [-0.15, -0.1) is 5.10 Å². The second-order valence-corrected chi connectivity index (χ2v) is 10.3. The van der Waals surface area contributed by atoms with Crippen molar-refractivity contribution in [3.63, 3.8) is 0 Å². The number of amides is 1. The summed E-state index contributed by atoms with van der Waals surface area (Å²) < 4.78 is 39.7. The summed E-state index contributed by atoms with van der Waals surface area (Å²) >= 11 is 6.20. The third-order valence-electron chi connectivity index (χ3n) is 5.45. The fraction of sp³-hybridized carbons (Fsp3) is 0.318. The zero-order valence-corrected chi connectivity index (χ0v) is 19.9. The first-order valence-corrected chi connectivity index (χ1v) is 12.0. The van der Waals surface area contributed by atoms with Crippen LogP contribution in [0.4, 0.5) is 0 Å². The number of carbonyl (C=O) groups is 1. The Bertz CT molecular complexity index is 1320. The highest BCUT2D eigenvalue weighted by molar-refractivity contribution is 7.90. The molecule has 9 nitrogen and oxygen atoms in total. The van der Waals surface area contributed by atoms with E-state index in [0.717, 1.165) is 12.8 Å². The van der Waals surface area contributed by atoms with E-state index >= 15 is 0 Å². The normalized spacial score (nSPS) is 14.5. The van der Waals surface area contributed by atoms with Crippen molar-refractivity contribution in [2.75, 3.05) is 13.7 Å². The lowest BCUT2D eigenvalue weighted by Crippen LogP contribution is -2.31. The van der Waals surface area contributed by atoms with Gasteiger partial charge in [-0.3, -0.25) is 4.79 Å². The molecule has 0 saturated heterocycles. The molecule has 1 fully saturated rings. The standard InChI is InChI=1S/C22H23ClN4O5S/c1-14-12-15(31-3)4-6-17(14)33(29,30)26-21(28)16-5-7-18(24-20(16)23)27-11-8-19(25-27)32-13-22(2)9-10-22/h4-8,11-12H,9-10,13H2,1-3H3,(H,26,28). The number of benzene rings is 1. The van der Waals surface area contributed by atoms with Crippen molar-refractivity contribution in [3.8, 4) is 17.4 Å². The number of nitrogens with one attached hydrogen (secondary N) is 1. The van der Waals surface area contributed by atoms with E-state index in [9.17, 15) is 13.2 Å². The van der Waals surface area contributed by atoms with Crippen LogP contribution in [0, 0.1) is 12.3 Å². The van der Waals surface area contributed by atoms with E-state index in [0.29, 0.717) is 29.6 Å². The molecule has 0 atom stereocenters. The Labute approximate surface area is 196 Å². The van der Waals surface area contributed by atoms with Crippen molar-refractivity contribution < 1.29 is 22.7 Å². The van der Waals surface area contributed by atoms with Crippen LogP contribution in [0.25, 0.3) is 5.82 Å². The highest BCUT2D eigenvalue weighted by Gasteiger charge is 2.38. The molecule has 1 aromatic carbocycles. The smallest absolute Gasteiger partial charge is 0.268 e. The molecular formula is C22H23ClN4O5S. The van der Waals surface area contributed by atoms with Gasteiger partial charge >= 0.3 is 0 Å². The van der Waals surface area contributed by atoms with Gasteiger partial charge in [-0.1, -0.05) is 18.5 Å². The number of aryl methyl sites for hydroxylation is 1. The number of pyridine rings is 1. The predicted molar refractivity (Wildman–Crippen MR) is 122 cm³/mol. The average molecular weight is 491 g/mol. The molecule has 1 aliphatic carbocycles. The molecule has 0 radical (unpaired) electrons. The number of sulfonamides is 1. The summed E-state index contributed by atoms with van der Waals surface area (Å²) in [5.74, 6) is 0.438. The minimum absolute atomic E-state index is 0.0403. The molecule has 1 amide bonds. The van der Waals surface area contributed by atoms with Gasteiger partial charge in [-0.25, -0.2) is 22.8 Å². The highest BCUT2D eigenvalue weighted by Crippen LogP contribution is 2.44. The van der Waals surface area contributed by atoms with E-state index in [1.807, 2.05) is 4.72 Å². The number of hydrogen-bond acceptors (Lipinski definition) is 7. The van der Waals surface area contributed by atoms with E-state index in [4.69, 9.17) is 21.1 Å². The van der Waals surface area contributed by atoms with Crippen molar-refractivity contribution in [1.29, 1.82) is 0 Å². The first kappa shape index (κ1) is 23.1. The Morgan fingerprint density at radius 1 is 1.24 bits per heavy atom. The van der Waals surface area contributed by atoms with E-state index in [-0.39, 0.29) is 21.0 Å². The highest BCUT2D eigenvalue weighted by atomic mass is 35.5. The third-order valence-corrected chi connectivity index (χ3v) is 7.23. The quantitative estimate of drug-likeness (QED) is 0.480. The molecule has 0 aliphatic heterocycles. The zero-order chi connectivity index (χ0) is 23.8. The molecule has 33 heavy (non-hydrogen) atoms. The summed E-state index contributed by atoms with van der Waals surface area (Å²) in [6.45, 7) is 4.36. The van der Waals surface area contributed by atoms with Gasteiger partial charge in [-0.05, 0) is 55.7 Å². The minimum Gasteiger partial charge on any atom is -0.497 e. The lowest BCUT2D eigenvalue weighted by Gasteiger charge is -2.11. The lowest BCUT2D eigenvalue weighted by atomic mass is 10.2. The van der Waals surface area contributed by atoms with Crippen LogP contribution in [0.2, 0.25) is 5.15 Å². The van der Waals surface area contributed by atoms with Crippen LogP contribution in [0.15, 0.2) is 47.5 Å². The number of aromatic nitrogens is 3. The molecule has 1 N–H and O–H groups in total. The first-order valence-electron chi connectivity index (χ1n) is 10.2. The molecule has 4 rings (SSSR count). The Morgan fingerprint density at radius 2 is 2.00 bits per heavy atom. The molecule has 0 bridgehead atoms. The number of ether oxygens (including phenoxy) is 2. The summed E-state index contributed by atoms with van der Waals surface area (Å²) in [5, 5.41) is 4.16. The van der Waals surface area contributed by atoms with Crippen LogP contribution in [-0.4, -0.2) is 42.8 Å². The number of halogens is 1. The van der Waals surface area contributed by atoms with Gasteiger partial charge in [0.2, 0.25) is 5.88 Å². The van der Waals surface area contributed by atoms with Crippen molar-refractivity contribution in [1.82, 2.24) is 19.5 Å². The maximum Gasteiger partial charge on any atom is 0.268 e. The van der Waals surface area contributed by atoms with Gasteiger partial charge in [-0.2, -0.15) is 0 Å². The molecule has 11 heteroatoms. The molecule has 3 aromatic rings. The van der Waals surface area contributed by atoms with Crippen LogP contribution in [-0.2, 0) is 10.0 Å². The Kier molecular flexibility index (Phi) is 6.06. The molecule has 0 spiro atoms. The Balaban J connectivity index is 1.48. The van der Waals surface area contributed by atoms with Gasteiger partial charge < -0.3 is 9.47 Å². The molecule has 2 heterocycles. The second kappa shape index (κ2) is 8.68. The molecule has 174 valence electrons. The maximum absolute atomic E-state index is 12.7. The summed E-state index contributed by atoms with van der Waals surface area (Å²) in [4.78, 5) is 16.8. The topological polar surface area (TPSA) is 112 Å². The van der Waals surface area contributed by atoms with Crippen molar-refractivity contribution in [2.24, 2.45) is 5.41 Å². The molecule has 1 aliphatic rings. The number of methoxy groups -OCH3 is 1. The summed E-state index contributed by atoms with van der Waals surface area (Å²) in [6, 6.07) is 9.06. The number of nitrogens with zero attached hydrogens (tertiary/aromatic N) is 3. The fourth-order valence-electron chi connectivity index (χ4n) is 3.12. The maximum atomic E-state index is 12.7. The zero-order valence-electron chi connectivity index (χ0n) is 18.3. The molecular weight excluding hydrogens is 468 g/mol. The first-order chi connectivity index (χ1) is 15.6. The van der Waals surface area contributed by atoms with E-state index < -0.39 is 15.9 Å². The summed E-state index contributed by atoms with van der Waals surface area (Å²) in [5.41, 5.74) is 0.576. The lowest BCUT2D eigenvalue weighted by molar-refractivity contribution is 0.0981. The summed E-state index contributed by atoms with van der Waals surface area (Å²) in [7, 11) is -2.65. The van der Waals surface area contributed by atoms with Crippen LogP contribution in [0.5, 0.6) is 11.6 Å². The van der Waals surface area contributed by atoms with Gasteiger partial charge in [0.1, 0.15) is 10.9 Å². The Morgan fingerprint density at radius 3 is 2.64 bits per heavy atom. The number of carbonyl (C=O) groups excluding carboxylic acids is 1. The molecule has 1 saturated carbocycles. The van der Waals surface area contributed by atoms with Gasteiger partial charge in [0.15, 0.2) is 5.82 Å². The Hall–Kier alpha value is -3.11. The monoisotopic (exact) mass is 490 g/mol. The summed E-state index contributed by atoms with van der Waals surface area (Å²) in [6.07, 6.45) is 3.95. The van der Waals surface area contributed by atoms with Crippen LogP contribution in [0.3, 0.4) is 0 Å². The van der Waals surface area contributed by atoms with Gasteiger partial charge in [0.05, 0.1) is 24.2 Å². The van der Waals surface area contributed by atoms with E-state index in [1.165, 1.54) is 36.1 Å². The SMILES string of the molecule is COc1ccc(S(=O)(=O)NC(=O)c2ccc(-n3ccc(OCC4(C)CC4)n3)nc2Cl)c(C)c1.